The minimum atomic E-state index is 0.501. The van der Waals surface area contributed by atoms with Gasteiger partial charge in [0, 0.05) is 49.4 Å². The van der Waals surface area contributed by atoms with Gasteiger partial charge in [0.05, 0.1) is 12.6 Å². The molecule has 2 heterocycles. The number of ether oxygens (including phenoxy) is 1. The second-order valence-electron chi connectivity index (χ2n) is 5.74. The maximum atomic E-state index is 5.51. The van der Waals surface area contributed by atoms with E-state index in [1.54, 1.807) is 0 Å². The summed E-state index contributed by atoms with van der Waals surface area (Å²) in [6.07, 6.45) is 5.78. The summed E-state index contributed by atoms with van der Waals surface area (Å²) in [5.74, 6) is 0. The molecule has 1 atom stereocenters. The van der Waals surface area contributed by atoms with Gasteiger partial charge in [-0.25, -0.2) is 0 Å². The number of anilines is 1. The van der Waals surface area contributed by atoms with Crippen LogP contribution in [0.3, 0.4) is 0 Å². The Bertz CT molecular complexity index is 439. The molecule has 1 saturated heterocycles. The first-order valence-corrected chi connectivity index (χ1v) is 7.23. The average molecular weight is 261 g/mol. The highest BCUT2D eigenvalue weighted by Crippen LogP contribution is 2.26. The molecule has 1 aromatic rings. The van der Waals surface area contributed by atoms with Gasteiger partial charge in [0.2, 0.25) is 0 Å². The van der Waals surface area contributed by atoms with Crippen LogP contribution in [-0.2, 0) is 11.3 Å². The molecule has 2 aliphatic rings. The van der Waals surface area contributed by atoms with Gasteiger partial charge >= 0.3 is 0 Å². The molecule has 0 aromatic carbocycles. The highest BCUT2D eigenvalue weighted by atomic mass is 16.5. The SMILES string of the molecule is Cc1cc(N(C)C2CCOC2)c(CNC2CC2)cn1. The largest absolute Gasteiger partial charge is 0.379 e. The van der Waals surface area contributed by atoms with E-state index in [-0.39, 0.29) is 0 Å². The Morgan fingerprint density at radius 3 is 2.95 bits per heavy atom. The van der Waals surface area contributed by atoms with E-state index in [0.717, 1.165) is 37.9 Å². The van der Waals surface area contributed by atoms with E-state index >= 15 is 0 Å². The lowest BCUT2D eigenvalue weighted by Gasteiger charge is -2.28. The van der Waals surface area contributed by atoms with Crippen molar-refractivity contribution in [3.05, 3.63) is 23.5 Å². The van der Waals surface area contributed by atoms with Crippen LogP contribution in [-0.4, -0.2) is 37.3 Å². The van der Waals surface area contributed by atoms with Crippen LogP contribution in [0.15, 0.2) is 12.3 Å². The maximum Gasteiger partial charge on any atom is 0.0670 e. The Balaban J connectivity index is 1.77. The molecule has 0 bridgehead atoms. The van der Waals surface area contributed by atoms with Gasteiger partial charge in [0.1, 0.15) is 0 Å². The zero-order valence-electron chi connectivity index (χ0n) is 11.9. The standard InChI is InChI=1S/C15H23N3O/c1-11-7-15(18(2)14-5-6-19-10-14)12(8-16-11)9-17-13-3-4-13/h7-8,13-14,17H,3-6,9-10H2,1-2H3. The molecule has 4 nitrogen and oxygen atoms in total. The molecule has 1 N–H and O–H groups in total. The molecule has 19 heavy (non-hydrogen) atoms. The van der Waals surface area contributed by atoms with Gasteiger partial charge in [-0.2, -0.15) is 0 Å². The summed E-state index contributed by atoms with van der Waals surface area (Å²) >= 11 is 0. The zero-order valence-corrected chi connectivity index (χ0v) is 11.9. The second-order valence-corrected chi connectivity index (χ2v) is 5.74. The first-order valence-electron chi connectivity index (χ1n) is 7.23. The van der Waals surface area contributed by atoms with Gasteiger partial charge in [0.25, 0.3) is 0 Å². The van der Waals surface area contributed by atoms with Crippen LogP contribution >= 0.6 is 0 Å². The Morgan fingerprint density at radius 2 is 2.26 bits per heavy atom. The molecule has 4 heteroatoms. The number of nitrogens with zero attached hydrogens (tertiary/aromatic N) is 2. The van der Waals surface area contributed by atoms with Crippen LogP contribution in [0.5, 0.6) is 0 Å². The molecule has 1 aliphatic heterocycles. The molecule has 104 valence electrons. The van der Waals surface area contributed by atoms with Crippen LogP contribution in [0, 0.1) is 6.92 Å². The van der Waals surface area contributed by atoms with E-state index < -0.39 is 0 Å². The van der Waals surface area contributed by atoms with Crippen molar-refractivity contribution in [3.63, 3.8) is 0 Å². The predicted octanol–water partition coefficient (Wildman–Crippen LogP) is 1.87. The lowest BCUT2D eigenvalue weighted by molar-refractivity contribution is 0.193. The number of nitrogens with one attached hydrogen (secondary N) is 1. The molecule has 0 amide bonds. The lowest BCUT2D eigenvalue weighted by Crippen LogP contribution is -2.33. The molecule has 1 saturated carbocycles. The number of likely N-dealkylation sites (N-methyl/N-ethyl adjacent to an activating group) is 1. The van der Waals surface area contributed by atoms with Crippen LogP contribution in [0.25, 0.3) is 0 Å². The van der Waals surface area contributed by atoms with Gasteiger partial charge in [-0.05, 0) is 32.3 Å². The van der Waals surface area contributed by atoms with Crippen molar-refractivity contribution < 1.29 is 4.74 Å². The van der Waals surface area contributed by atoms with E-state index in [0.29, 0.717) is 6.04 Å². The summed E-state index contributed by atoms with van der Waals surface area (Å²) < 4.78 is 5.51. The van der Waals surface area contributed by atoms with Gasteiger partial charge < -0.3 is 15.0 Å². The summed E-state index contributed by atoms with van der Waals surface area (Å²) in [6, 6.07) is 3.43. The number of aromatic nitrogens is 1. The molecule has 1 unspecified atom stereocenters. The van der Waals surface area contributed by atoms with Crippen molar-refractivity contribution in [3.8, 4) is 0 Å². The van der Waals surface area contributed by atoms with Crippen molar-refractivity contribution in [1.82, 2.24) is 10.3 Å². The van der Waals surface area contributed by atoms with E-state index in [9.17, 15) is 0 Å². The Hall–Kier alpha value is -1.13. The molecule has 0 spiro atoms. The van der Waals surface area contributed by atoms with E-state index in [1.807, 2.05) is 6.20 Å². The van der Waals surface area contributed by atoms with Crippen molar-refractivity contribution in [2.24, 2.45) is 0 Å². The van der Waals surface area contributed by atoms with E-state index in [4.69, 9.17) is 4.74 Å². The number of rotatable bonds is 5. The fourth-order valence-corrected chi connectivity index (χ4v) is 2.60. The smallest absolute Gasteiger partial charge is 0.0670 e. The summed E-state index contributed by atoms with van der Waals surface area (Å²) in [5.41, 5.74) is 3.68. The summed E-state index contributed by atoms with van der Waals surface area (Å²) in [6.45, 7) is 4.70. The summed E-state index contributed by atoms with van der Waals surface area (Å²) in [7, 11) is 2.18. The number of hydrogen-bond acceptors (Lipinski definition) is 4. The van der Waals surface area contributed by atoms with Gasteiger partial charge in [-0.15, -0.1) is 0 Å². The van der Waals surface area contributed by atoms with Gasteiger partial charge in [-0.3, -0.25) is 4.98 Å². The summed E-state index contributed by atoms with van der Waals surface area (Å²) in [5, 5.41) is 3.58. The predicted molar refractivity (Wildman–Crippen MR) is 76.5 cm³/mol. The Kier molecular flexibility index (Phi) is 3.71. The average Bonchev–Trinajstić information content (AvgIpc) is 3.08. The highest BCUT2D eigenvalue weighted by molar-refractivity contribution is 5.54. The maximum absolute atomic E-state index is 5.51. The molecule has 3 rings (SSSR count). The minimum Gasteiger partial charge on any atom is -0.379 e. The first kappa shape index (κ1) is 12.9. The molecule has 1 aliphatic carbocycles. The topological polar surface area (TPSA) is 37.4 Å². The van der Waals surface area contributed by atoms with E-state index in [2.05, 4.69) is 35.2 Å². The van der Waals surface area contributed by atoms with Crippen LogP contribution in [0.2, 0.25) is 0 Å². The fourth-order valence-electron chi connectivity index (χ4n) is 2.60. The monoisotopic (exact) mass is 261 g/mol. The van der Waals surface area contributed by atoms with Crippen molar-refractivity contribution >= 4 is 5.69 Å². The quantitative estimate of drug-likeness (QED) is 0.878. The minimum absolute atomic E-state index is 0.501. The number of pyridine rings is 1. The van der Waals surface area contributed by atoms with Gasteiger partial charge in [-0.1, -0.05) is 0 Å². The zero-order chi connectivity index (χ0) is 13.2. The normalized spacial score (nSPS) is 22.7. The molecular formula is C15H23N3O. The van der Waals surface area contributed by atoms with Crippen molar-refractivity contribution in [1.29, 1.82) is 0 Å². The van der Waals surface area contributed by atoms with Crippen molar-refractivity contribution in [2.45, 2.75) is 44.8 Å². The van der Waals surface area contributed by atoms with Gasteiger partial charge in [0.15, 0.2) is 0 Å². The molecule has 1 aromatic heterocycles. The molecular weight excluding hydrogens is 238 g/mol. The summed E-state index contributed by atoms with van der Waals surface area (Å²) in [4.78, 5) is 6.82. The van der Waals surface area contributed by atoms with E-state index in [1.165, 1.54) is 24.1 Å². The second kappa shape index (κ2) is 5.47. The van der Waals surface area contributed by atoms with Crippen LogP contribution in [0.1, 0.15) is 30.5 Å². The highest BCUT2D eigenvalue weighted by Gasteiger charge is 2.24. The third kappa shape index (κ3) is 3.07. The van der Waals surface area contributed by atoms with Crippen molar-refractivity contribution in [2.75, 3.05) is 25.2 Å². The third-order valence-electron chi connectivity index (χ3n) is 4.09. The fraction of sp³-hybridized carbons (Fsp3) is 0.667. The lowest BCUT2D eigenvalue weighted by atomic mass is 10.1. The van der Waals surface area contributed by atoms with Crippen LogP contribution < -0.4 is 10.2 Å². The molecule has 2 fully saturated rings. The van der Waals surface area contributed by atoms with Crippen LogP contribution in [0.4, 0.5) is 5.69 Å². The Labute approximate surface area is 115 Å². The first-order chi connectivity index (χ1) is 9.24. The Morgan fingerprint density at radius 1 is 1.42 bits per heavy atom. The third-order valence-corrected chi connectivity index (χ3v) is 4.09. The number of hydrogen-bond donors (Lipinski definition) is 1. The molecule has 0 radical (unpaired) electrons. The number of aryl methyl sites for hydroxylation is 1.